The lowest BCUT2D eigenvalue weighted by molar-refractivity contribution is -0.141. The first-order valence-corrected chi connectivity index (χ1v) is 6.43. The van der Waals surface area contributed by atoms with Crippen molar-refractivity contribution in [2.24, 2.45) is 0 Å². The van der Waals surface area contributed by atoms with E-state index < -0.39 is 23.6 Å². The molecule has 0 aliphatic carbocycles. The van der Waals surface area contributed by atoms with E-state index in [0.29, 0.717) is 29.8 Å². The third-order valence-electron chi connectivity index (χ3n) is 3.00. The van der Waals surface area contributed by atoms with Crippen LogP contribution in [0.5, 0.6) is 0 Å². The van der Waals surface area contributed by atoms with Crippen LogP contribution in [0.2, 0.25) is 0 Å². The second kappa shape index (κ2) is 6.83. The normalized spacial score (nSPS) is 11.9. The van der Waals surface area contributed by atoms with Crippen LogP contribution in [-0.2, 0) is 16.0 Å². The molecule has 7 heteroatoms. The molecule has 0 unspecified atom stereocenters. The van der Waals surface area contributed by atoms with E-state index in [-0.39, 0.29) is 6.42 Å². The Hall–Kier alpha value is -2.18. The van der Waals surface area contributed by atoms with Crippen molar-refractivity contribution in [2.45, 2.75) is 46.1 Å². The Balaban J connectivity index is 2.81. The fourth-order valence-corrected chi connectivity index (χ4v) is 1.97. The van der Waals surface area contributed by atoms with Crippen molar-refractivity contribution < 1.29 is 14.7 Å². The number of H-pyrrole nitrogens is 1. The average Bonchev–Trinajstić information content (AvgIpc) is 2.33. The molecule has 0 aromatic carbocycles. The highest BCUT2D eigenvalue weighted by molar-refractivity contribution is 5.85. The third-order valence-corrected chi connectivity index (χ3v) is 3.00. The highest BCUT2D eigenvalue weighted by atomic mass is 16.4. The summed E-state index contributed by atoms with van der Waals surface area (Å²) in [5.41, 5.74) is 1.20. The zero-order valence-corrected chi connectivity index (χ0v) is 11.8. The first-order chi connectivity index (χ1) is 9.35. The van der Waals surface area contributed by atoms with Crippen molar-refractivity contribution >= 4 is 11.9 Å². The van der Waals surface area contributed by atoms with E-state index in [0.717, 1.165) is 0 Å². The predicted octanol–water partition coefficient (Wildman–Crippen LogP) is 0.299. The Bertz CT molecular complexity index is 539. The van der Waals surface area contributed by atoms with E-state index in [1.54, 1.807) is 13.8 Å². The number of carbonyl (C=O) groups excluding carboxylic acids is 1. The lowest BCUT2D eigenvalue weighted by atomic mass is 10.1. The Morgan fingerprint density at radius 1 is 1.40 bits per heavy atom. The molecule has 0 aliphatic rings. The Morgan fingerprint density at radius 3 is 2.55 bits per heavy atom. The van der Waals surface area contributed by atoms with Gasteiger partial charge in [0.1, 0.15) is 6.04 Å². The molecule has 1 amide bonds. The number of hydrogen-bond donors (Lipinski definition) is 3. The molecule has 0 bridgehead atoms. The van der Waals surface area contributed by atoms with E-state index in [1.807, 2.05) is 6.92 Å². The summed E-state index contributed by atoms with van der Waals surface area (Å²) in [5.74, 6) is -1.45. The van der Waals surface area contributed by atoms with Crippen LogP contribution in [-0.4, -0.2) is 33.0 Å². The molecular weight excluding hydrogens is 262 g/mol. The van der Waals surface area contributed by atoms with Gasteiger partial charge in [0.2, 0.25) is 5.91 Å². The first kappa shape index (κ1) is 15.9. The molecule has 1 rings (SSSR count). The average molecular weight is 281 g/mol. The summed E-state index contributed by atoms with van der Waals surface area (Å²) in [4.78, 5) is 40.3. The van der Waals surface area contributed by atoms with Gasteiger partial charge in [-0.05, 0) is 20.3 Å². The maximum Gasteiger partial charge on any atom is 0.345 e. The van der Waals surface area contributed by atoms with Gasteiger partial charge in [-0.3, -0.25) is 4.79 Å². The second-order valence-corrected chi connectivity index (χ2v) is 4.65. The summed E-state index contributed by atoms with van der Waals surface area (Å²) in [6, 6.07) is -0.885. The van der Waals surface area contributed by atoms with Crippen LogP contribution in [0.25, 0.3) is 0 Å². The van der Waals surface area contributed by atoms with Crippen LogP contribution in [0.4, 0.5) is 0 Å². The number of carboxylic acids is 1. The molecule has 0 saturated heterocycles. The molecule has 0 fully saturated rings. The van der Waals surface area contributed by atoms with Gasteiger partial charge in [0.15, 0.2) is 0 Å². The van der Waals surface area contributed by atoms with Gasteiger partial charge in [-0.25, -0.2) is 9.59 Å². The molecule has 1 heterocycles. The van der Waals surface area contributed by atoms with Crippen LogP contribution in [0.1, 0.15) is 36.7 Å². The molecule has 7 nitrogen and oxygen atoms in total. The molecule has 0 aliphatic heterocycles. The van der Waals surface area contributed by atoms with Crippen molar-refractivity contribution in [1.82, 2.24) is 15.3 Å². The number of hydrogen-bond acceptors (Lipinski definition) is 4. The van der Waals surface area contributed by atoms with Crippen molar-refractivity contribution in [3.63, 3.8) is 0 Å². The van der Waals surface area contributed by atoms with Gasteiger partial charge in [-0.2, -0.15) is 4.98 Å². The van der Waals surface area contributed by atoms with Gasteiger partial charge in [0.05, 0.1) is 6.42 Å². The number of carbonyl (C=O) groups is 2. The molecule has 0 spiro atoms. The van der Waals surface area contributed by atoms with E-state index in [4.69, 9.17) is 5.11 Å². The van der Waals surface area contributed by atoms with Gasteiger partial charge < -0.3 is 15.4 Å². The molecule has 0 radical (unpaired) electrons. The summed E-state index contributed by atoms with van der Waals surface area (Å²) >= 11 is 0. The number of aromatic amines is 1. The highest BCUT2D eigenvalue weighted by Gasteiger charge is 2.20. The smallest absolute Gasteiger partial charge is 0.345 e. The van der Waals surface area contributed by atoms with Crippen LogP contribution in [0.15, 0.2) is 4.79 Å². The zero-order valence-electron chi connectivity index (χ0n) is 11.8. The Labute approximate surface area is 116 Å². The van der Waals surface area contributed by atoms with Gasteiger partial charge in [0.25, 0.3) is 0 Å². The quantitative estimate of drug-likeness (QED) is 0.694. The number of carboxylic acid groups (broad SMARTS) is 1. The molecule has 20 heavy (non-hydrogen) atoms. The van der Waals surface area contributed by atoms with Gasteiger partial charge in [0, 0.05) is 17.0 Å². The van der Waals surface area contributed by atoms with Gasteiger partial charge in [-0.15, -0.1) is 0 Å². The van der Waals surface area contributed by atoms with E-state index >= 15 is 0 Å². The standard InChI is InChI=1S/C13H19N3O4/c1-4-5-10(12(18)19)16-11(17)6-9-7(2)14-13(20)15-8(9)3/h10H,4-6H2,1-3H3,(H,16,17)(H,18,19)(H,14,15,20)/t10-/m0/s1. The minimum absolute atomic E-state index is 0.00502. The van der Waals surface area contributed by atoms with Crippen molar-refractivity contribution in [3.8, 4) is 0 Å². The van der Waals surface area contributed by atoms with Crippen LogP contribution >= 0.6 is 0 Å². The number of rotatable bonds is 6. The minimum atomic E-state index is -1.05. The highest BCUT2D eigenvalue weighted by Crippen LogP contribution is 2.08. The fraction of sp³-hybridized carbons (Fsp3) is 0.538. The number of aromatic nitrogens is 2. The second-order valence-electron chi connectivity index (χ2n) is 4.65. The maximum atomic E-state index is 11.9. The fourth-order valence-electron chi connectivity index (χ4n) is 1.97. The van der Waals surface area contributed by atoms with E-state index in [9.17, 15) is 14.4 Å². The van der Waals surface area contributed by atoms with Gasteiger partial charge in [-0.1, -0.05) is 13.3 Å². The summed E-state index contributed by atoms with van der Waals surface area (Å²) in [5, 5.41) is 11.5. The van der Waals surface area contributed by atoms with Crippen molar-refractivity contribution in [3.05, 3.63) is 27.4 Å². The number of amides is 1. The number of nitrogens with zero attached hydrogens (tertiary/aromatic N) is 1. The minimum Gasteiger partial charge on any atom is -0.480 e. The summed E-state index contributed by atoms with van der Waals surface area (Å²) < 4.78 is 0. The largest absolute Gasteiger partial charge is 0.480 e. The molecule has 1 aromatic heterocycles. The van der Waals surface area contributed by atoms with Crippen molar-refractivity contribution in [2.75, 3.05) is 0 Å². The van der Waals surface area contributed by atoms with Crippen LogP contribution < -0.4 is 11.0 Å². The molecular formula is C13H19N3O4. The first-order valence-electron chi connectivity index (χ1n) is 6.43. The summed E-state index contributed by atoms with van der Waals surface area (Å²) in [6.45, 7) is 5.17. The van der Waals surface area contributed by atoms with Crippen LogP contribution in [0.3, 0.4) is 0 Å². The SMILES string of the molecule is CCC[C@H](NC(=O)Cc1c(C)nc(=O)[nH]c1C)C(=O)O. The Morgan fingerprint density at radius 2 is 2.05 bits per heavy atom. The topological polar surface area (TPSA) is 112 Å². The van der Waals surface area contributed by atoms with Gasteiger partial charge >= 0.3 is 11.7 Å². The predicted molar refractivity (Wildman–Crippen MR) is 72.5 cm³/mol. The maximum absolute atomic E-state index is 11.9. The summed E-state index contributed by atoms with van der Waals surface area (Å²) in [6.07, 6.45) is 1.04. The molecule has 1 atom stereocenters. The van der Waals surface area contributed by atoms with Crippen molar-refractivity contribution in [1.29, 1.82) is 0 Å². The summed E-state index contributed by atoms with van der Waals surface area (Å²) in [7, 11) is 0. The molecule has 3 N–H and O–H groups in total. The molecule has 1 aromatic rings. The van der Waals surface area contributed by atoms with E-state index in [2.05, 4.69) is 15.3 Å². The number of aryl methyl sites for hydroxylation is 2. The van der Waals surface area contributed by atoms with E-state index in [1.165, 1.54) is 0 Å². The lowest BCUT2D eigenvalue weighted by Gasteiger charge is -2.14. The monoisotopic (exact) mass is 281 g/mol. The van der Waals surface area contributed by atoms with Crippen LogP contribution in [0, 0.1) is 13.8 Å². The zero-order chi connectivity index (χ0) is 15.3. The number of aliphatic carboxylic acids is 1. The lowest BCUT2D eigenvalue weighted by Crippen LogP contribution is -2.41. The third kappa shape index (κ3) is 4.18. The molecule has 0 saturated carbocycles. The Kier molecular flexibility index (Phi) is 5.42. The number of nitrogens with one attached hydrogen (secondary N) is 2. The molecule has 110 valence electrons.